The van der Waals surface area contributed by atoms with E-state index in [0.717, 1.165) is 19.6 Å². The van der Waals surface area contributed by atoms with Gasteiger partial charge in [0.05, 0.1) is 12.6 Å². The van der Waals surface area contributed by atoms with Crippen LogP contribution in [0, 0.1) is 11.8 Å². The molecule has 4 bridgehead atoms. The van der Waals surface area contributed by atoms with Gasteiger partial charge in [-0.25, -0.2) is 0 Å². The van der Waals surface area contributed by atoms with E-state index >= 15 is 0 Å². The third kappa shape index (κ3) is 1.78. The molecule has 5 atom stereocenters. The molecule has 5 unspecified atom stereocenters. The van der Waals surface area contributed by atoms with Gasteiger partial charge in [-0.15, -0.1) is 0 Å². The highest BCUT2D eigenvalue weighted by Gasteiger charge is 2.52. The lowest BCUT2D eigenvalue weighted by Gasteiger charge is -2.58. The zero-order valence-electron chi connectivity index (χ0n) is 13.9. The van der Waals surface area contributed by atoms with Crippen LogP contribution in [0.4, 0.5) is 0 Å². The number of aromatic amines is 1. The molecule has 0 saturated carbocycles. The van der Waals surface area contributed by atoms with Gasteiger partial charge in [-0.3, -0.25) is 4.90 Å². The third-order valence-corrected chi connectivity index (χ3v) is 6.48. The summed E-state index contributed by atoms with van der Waals surface area (Å²) in [6.07, 6.45) is 4.75. The first-order chi connectivity index (χ1) is 11.3. The number of hydrogen-bond acceptors (Lipinski definition) is 2. The summed E-state index contributed by atoms with van der Waals surface area (Å²) in [4.78, 5) is 6.49. The summed E-state index contributed by atoms with van der Waals surface area (Å²) >= 11 is 0. The minimum absolute atomic E-state index is 0.568. The van der Waals surface area contributed by atoms with E-state index in [-0.39, 0.29) is 0 Å². The van der Waals surface area contributed by atoms with E-state index < -0.39 is 0 Å². The summed E-state index contributed by atoms with van der Waals surface area (Å²) in [5, 5.41) is 1.43. The fraction of sp³-hybridized carbons (Fsp3) is 0.500. The van der Waals surface area contributed by atoms with Gasteiger partial charge in [0.25, 0.3) is 0 Å². The molecule has 120 valence electrons. The highest BCUT2D eigenvalue weighted by Crippen LogP contribution is 2.54. The van der Waals surface area contributed by atoms with Gasteiger partial charge in [-0.2, -0.15) is 0 Å². The average molecular weight is 308 g/mol. The predicted octanol–water partition coefficient (Wildman–Crippen LogP) is 3.68. The second-order valence-electron chi connectivity index (χ2n) is 7.35. The van der Waals surface area contributed by atoms with Gasteiger partial charge in [0.2, 0.25) is 0 Å². The Bertz CT molecular complexity index is 790. The number of fused-ring (bicyclic) bond motifs is 4. The van der Waals surface area contributed by atoms with E-state index in [1.165, 1.54) is 23.0 Å². The Hall–Kier alpha value is -1.58. The summed E-state index contributed by atoms with van der Waals surface area (Å²) in [5.74, 6) is 1.33. The van der Waals surface area contributed by atoms with Crippen molar-refractivity contribution < 1.29 is 4.74 Å². The van der Waals surface area contributed by atoms with Crippen LogP contribution < -0.4 is 0 Å². The number of rotatable bonds is 2. The Labute approximate surface area is 137 Å². The quantitative estimate of drug-likeness (QED) is 0.857. The molecule has 1 N–H and O–H groups in total. The molecule has 0 spiro atoms. The lowest BCUT2D eigenvalue weighted by atomic mass is 9.64. The molecule has 4 aliphatic heterocycles. The van der Waals surface area contributed by atoms with Crippen molar-refractivity contribution in [2.45, 2.75) is 31.8 Å². The summed E-state index contributed by atoms with van der Waals surface area (Å²) in [5.41, 5.74) is 5.98. The SMILES string of the molecule is CC=C1CN2C3CC1C(COC)C2Cc1c3[nH]c2ccccc12. The molecular formula is C20H24N2O. The fourth-order valence-electron chi connectivity index (χ4n) is 5.49. The van der Waals surface area contributed by atoms with Crippen LogP contribution in [0.5, 0.6) is 0 Å². The first-order valence-corrected chi connectivity index (χ1v) is 8.81. The maximum Gasteiger partial charge on any atom is 0.0514 e. The summed E-state index contributed by atoms with van der Waals surface area (Å²) in [6, 6.07) is 10.00. The minimum atomic E-state index is 0.568. The fourth-order valence-corrected chi connectivity index (χ4v) is 5.49. The van der Waals surface area contributed by atoms with Gasteiger partial charge < -0.3 is 9.72 Å². The van der Waals surface area contributed by atoms with Crippen LogP contribution >= 0.6 is 0 Å². The van der Waals surface area contributed by atoms with E-state index in [2.05, 4.69) is 47.1 Å². The molecule has 3 heteroatoms. The topological polar surface area (TPSA) is 28.3 Å². The number of H-pyrrole nitrogens is 1. The van der Waals surface area contributed by atoms with Crippen molar-refractivity contribution in [1.82, 2.24) is 9.88 Å². The van der Waals surface area contributed by atoms with Crippen LogP contribution in [0.15, 0.2) is 35.9 Å². The van der Waals surface area contributed by atoms with Crippen molar-refractivity contribution in [2.24, 2.45) is 11.8 Å². The summed E-state index contributed by atoms with van der Waals surface area (Å²) in [6.45, 7) is 4.23. The normalized spacial score (nSPS) is 36.6. The number of aromatic nitrogens is 1. The Morgan fingerprint density at radius 1 is 1.35 bits per heavy atom. The van der Waals surface area contributed by atoms with Gasteiger partial charge in [-0.05, 0) is 37.3 Å². The molecule has 0 radical (unpaired) electrons. The zero-order valence-corrected chi connectivity index (χ0v) is 13.9. The van der Waals surface area contributed by atoms with Crippen LogP contribution in [0.3, 0.4) is 0 Å². The third-order valence-electron chi connectivity index (χ3n) is 6.48. The first kappa shape index (κ1) is 13.8. The number of para-hydroxylation sites is 1. The maximum absolute atomic E-state index is 5.61. The number of ether oxygens (including phenoxy) is 1. The smallest absolute Gasteiger partial charge is 0.0514 e. The monoisotopic (exact) mass is 308 g/mol. The summed E-state index contributed by atoms with van der Waals surface area (Å²) < 4.78 is 5.61. The van der Waals surface area contributed by atoms with Gasteiger partial charge in [-0.1, -0.05) is 29.8 Å². The van der Waals surface area contributed by atoms with E-state index in [1.54, 1.807) is 11.1 Å². The largest absolute Gasteiger partial charge is 0.384 e. The molecule has 2 aromatic rings. The van der Waals surface area contributed by atoms with Gasteiger partial charge >= 0.3 is 0 Å². The molecule has 5 heterocycles. The van der Waals surface area contributed by atoms with Crippen LogP contribution in [0.25, 0.3) is 10.9 Å². The minimum Gasteiger partial charge on any atom is -0.384 e. The van der Waals surface area contributed by atoms with Crippen LogP contribution in [-0.2, 0) is 11.2 Å². The van der Waals surface area contributed by atoms with E-state index in [0.29, 0.717) is 23.9 Å². The first-order valence-electron chi connectivity index (χ1n) is 8.81. The van der Waals surface area contributed by atoms with Gasteiger partial charge in [0.15, 0.2) is 0 Å². The number of allylic oxidation sites excluding steroid dienone is 1. The number of hydrogen-bond donors (Lipinski definition) is 1. The molecule has 1 aromatic carbocycles. The van der Waals surface area contributed by atoms with Crippen LogP contribution in [0.2, 0.25) is 0 Å². The lowest BCUT2D eigenvalue weighted by Crippen LogP contribution is -2.61. The molecule has 3 saturated heterocycles. The highest BCUT2D eigenvalue weighted by molar-refractivity contribution is 5.85. The molecule has 0 aliphatic carbocycles. The molecule has 4 aliphatic rings. The van der Waals surface area contributed by atoms with Crippen molar-refractivity contribution in [3.8, 4) is 0 Å². The second kappa shape index (κ2) is 4.96. The van der Waals surface area contributed by atoms with Crippen molar-refractivity contribution in [3.63, 3.8) is 0 Å². The Kier molecular flexibility index (Phi) is 2.98. The Morgan fingerprint density at radius 3 is 3.04 bits per heavy atom. The van der Waals surface area contributed by atoms with E-state index in [9.17, 15) is 0 Å². The number of methoxy groups -OCH3 is 1. The molecular weight excluding hydrogens is 284 g/mol. The number of piperidine rings is 3. The van der Waals surface area contributed by atoms with E-state index in [4.69, 9.17) is 4.74 Å². The van der Waals surface area contributed by atoms with Gasteiger partial charge in [0.1, 0.15) is 0 Å². The molecule has 3 fully saturated rings. The molecule has 0 amide bonds. The van der Waals surface area contributed by atoms with Crippen molar-refractivity contribution in [2.75, 3.05) is 20.3 Å². The van der Waals surface area contributed by atoms with E-state index in [1.807, 2.05) is 7.11 Å². The maximum atomic E-state index is 5.61. The Morgan fingerprint density at radius 2 is 2.22 bits per heavy atom. The zero-order chi connectivity index (χ0) is 15.6. The molecule has 3 nitrogen and oxygen atoms in total. The predicted molar refractivity (Wildman–Crippen MR) is 92.5 cm³/mol. The average Bonchev–Trinajstić information content (AvgIpc) is 2.96. The van der Waals surface area contributed by atoms with Gasteiger partial charge in [0, 0.05) is 42.2 Å². The molecule has 1 aromatic heterocycles. The second-order valence-corrected chi connectivity index (χ2v) is 7.35. The number of nitrogens with zero attached hydrogens (tertiary/aromatic N) is 1. The number of benzene rings is 1. The van der Waals surface area contributed by atoms with Crippen molar-refractivity contribution in [3.05, 3.63) is 47.2 Å². The van der Waals surface area contributed by atoms with Crippen molar-refractivity contribution >= 4 is 10.9 Å². The van der Waals surface area contributed by atoms with Crippen LogP contribution in [-0.4, -0.2) is 36.2 Å². The highest BCUT2D eigenvalue weighted by atomic mass is 16.5. The lowest BCUT2D eigenvalue weighted by molar-refractivity contribution is -0.0572. The number of nitrogens with one attached hydrogen (secondary N) is 1. The van der Waals surface area contributed by atoms with Crippen molar-refractivity contribution in [1.29, 1.82) is 0 Å². The molecule has 23 heavy (non-hydrogen) atoms. The standard InChI is InChI=1S/C20H24N2O/c1-3-12-10-22-18-9-15-13-6-4-5-7-17(13)21-20(15)19(22)8-14(12)16(18)11-23-2/h3-7,14,16,18-19,21H,8-11H2,1-2H3. The Balaban J connectivity index is 1.65. The summed E-state index contributed by atoms with van der Waals surface area (Å²) in [7, 11) is 1.85. The van der Waals surface area contributed by atoms with Crippen LogP contribution in [0.1, 0.15) is 30.6 Å². The molecule has 6 rings (SSSR count).